The summed E-state index contributed by atoms with van der Waals surface area (Å²) in [6, 6.07) is 10.3. The molecule has 0 spiro atoms. The molecule has 2 rings (SSSR count). The second-order valence-corrected chi connectivity index (χ2v) is 3.47. The molecule has 0 aliphatic carbocycles. The maximum Gasteiger partial charge on any atom is 0.114 e. The number of aryl methyl sites for hydroxylation is 2. The van der Waals surface area contributed by atoms with E-state index < -0.39 is 0 Å². The molecular weight excluding hydrogens is 155 g/mol. The van der Waals surface area contributed by atoms with Crippen molar-refractivity contribution in [3.63, 3.8) is 0 Å². The lowest BCUT2D eigenvalue weighted by molar-refractivity contribution is 1.47. The molecule has 2 aromatic rings. The van der Waals surface area contributed by atoms with E-state index in [1.807, 2.05) is 12.1 Å². The Labute approximate surface area is 80.0 Å². The summed E-state index contributed by atoms with van der Waals surface area (Å²) in [7, 11) is 5.93. The summed E-state index contributed by atoms with van der Waals surface area (Å²) >= 11 is 0. The van der Waals surface area contributed by atoms with Crippen molar-refractivity contribution in [2.45, 2.75) is 13.8 Å². The molecule has 0 heterocycles. The van der Waals surface area contributed by atoms with Crippen molar-refractivity contribution in [2.24, 2.45) is 0 Å². The van der Waals surface area contributed by atoms with E-state index in [1.54, 1.807) is 0 Å². The first-order valence-corrected chi connectivity index (χ1v) is 4.44. The molecular formula is C12H11B. The molecule has 2 aromatic carbocycles. The van der Waals surface area contributed by atoms with Gasteiger partial charge in [-0.25, -0.2) is 0 Å². The van der Waals surface area contributed by atoms with E-state index >= 15 is 0 Å². The largest absolute Gasteiger partial charge is 0.114 e. The fraction of sp³-hybridized carbons (Fsp3) is 0.167. The standard InChI is InChI=1S/C12H11B/c1-8-6-7-9(2)12-10(8)4-3-5-11(12)13/h3-7H,1-2H3. The van der Waals surface area contributed by atoms with Crippen LogP contribution in [0.15, 0.2) is 30.3 Å². The Hall–Kier alpha value is -1.24. The minimum absolute atomic E-state index is 0.874. The number of fused-ring (bicyclic) bond motifs is 1. The van der Waals surface area contributed by atoms with Gasteiger partial charge in [-0.15, -0.1) is 0 Å². The first-order valence-electron chi connectivity index (χ1n) is 4.44. The van der Waals surface area contributed by atoms with Gasteiger partial charge in [0.15, 0.2) is 0 Å². The fourth-order valence-electron chi connectivity index (χ4n) is 1.76. The van der Waals surface area contributed by atoms with Gasteiger partial charge in [0.25, 0.3) is 0 Å². The highest BCUT2D eigenvalue weighted by atomic mass is 14.0. The van der Waals surface area contributed by atoms with Crippen LogP contribution in [0.1, 0.15) is 11.1 Å². The van der Waals surface area contributed by atoms with E-state index in [-0.39, 0.29) is 0 Å². The zero-order chi connectivity index (χ0) is 9.42. The molecule has 2 radical (unpaired) electrons. The van der Waals surface area contributed by atoms with E-state index in [2.05, 4.69) is 32.0 Å². The van der Waals surface area contributed by atoms with Gasteiger partial charge in [-0.05, 0) is 35.7 Å². The third-order valence-electron chi connectivity index (χ3n) is 2.50. The summed E-state index contributed by atoms with van der Waals surface area (Å²) in [5.74, 6) is 0. The van der Waals surface area contributed by atoms with Crippen molar-refractivity contribution >= 4 is 24.1 Å². The van der Waals surface area contributed by atoms with Gasteiger partial charge in [-0.2, -0.15) is 0 Å². The average Bonchev–Trinajstić information content (AvgIpc) is 2.12. The molecule has 1 heteroatoms. The highest BCUT2D eigenvalue weighted by Crippen LogP contribution is 2.19. The highest BCUT2D eigenvalue weighted by molar-refractivity contribution is 6.39. The van der Waals surface area contributed by atoms with Crippen molar-refractivity contribution in [1.82, 2.24) is 0 Å². The molecule has 0 amide bonds. The van der Waals surface area contributed by atoms with Crippen LogP contribution in [0.25, 0.3) is 10.8 Å². The van der Waals surface area contributed by atoms with Gasteiger partial charge in [-0.1, -0.05) is 35.8 Å². The lowest BCUT2D eigenvalue weighted by Gasteiger charge is -2.08. The van der Waals surface area contributed by atoms with Crippen LogP contribution in [0.4, 0.5) is 0 Å². The number of hydrogen-bond donors (Lipinski definition) is 0. The van der Waals surface area contributed by atoms with Crippen molar-refractivity contribution in [2.75, 3.05) is 0 Å². The minimum Gasteiger partial charge on any atom is -0.0887 e. The Morgan fingerprint density at radius 1 is 0.923 bits per heavy atom. The third kappa shape index (κ3) is 1.25. The molecule has 0 saturated carbocycles. The van der Waals surface area contributed by atoms with Crippen LogP contribution in [0, 0.1) is 13.8 Å². The van der Waals surface area contributed by atoms with E-state index in [9.17, 15) is 0 Å². The maximum atomic E-state index is 5.93. The fourth-order valence-corrected chi connectivity index (χ4v) is 1.76. The number of benzene rings is 2. The van der Waals surface area contributed by atoms with Crippen LogP contribution < -0.4 is 5.46 Å². The summed E-state index contributed by atoms with van der Waals surface area (Å²) in [6.45, 7) is 4.21. The van der Waals surface area contributed by atoms with E-state index in [4.69, 9.17) is 7.85 Å². The molecule has 0 fully saturated rings. The minimum atomic E-state index is 0.874. The predicted octanol–water partition coefficient (Wildman–Crippen LogP) is 2.25. The Kier molecular flexibility index (Phi) is 1.88. The second-order valence-electron chi connectivity index (χ2n) is 3.47. The van der Waals surface area contributed by atoms with Crippen molar-refractivity contribution in [3.05, 3.63) is 41.5 Å². The van der Waals surface area contributed by atoms with Crippen LogP contribution in [-0.4, -0.2) is 7.85 Å². The normalized spacial score (nSPS) is 10.6. The Bertz CT molecular complexity index is 450. The third-order valence-corrected chi connectivity index (χ3v) is 2.50. The lowest BCUT2D eigenvalue weighted by atomic mass is 9.87. The molecule has 0 unspecified atom stereocenters. The molecule has 0 aliphatic heterocycles. The topological polar surface area (TPSA) is 0 Å². The molecule has 62 valence electrons. The number of hydrogen-bond acceptors (Lipinski definition) is 0. The SMILES string of the molecule is [B]c1cccc2c(C)ccc(C)c12. The monoisotopic (exact) mass is 166 g/mol. The van der Waals surface area contributed by atoms with Crippen LogP contribution in [0.2, 0.25) is 0 Å². The van der Waals surface area contributed by atoms with E-state index in [0.717, 1.165) is 5.46 Å². The summed E-state index contributed by atoms with van der Waals surface area (Å²) in [5.41, 5.74) is 3.41. The lowest BCUT2D eigenvalue weighted by Crippen LogP contribution is -2.04. The van der Waals surface area contributed by atoms with Crippen LogP contribution in [0.3, 0.4) is 0 Å². The molecule has 0 bridgehead atoms. The van der Waals surface area contributed by atoms with Gasteiger partial charge in [0.1, 0.15) is 7.85 Å². The quantitative estimate of drug-likeness (QED) is 0.526. The number of rotatable bonds is 0. The molecule has 13 heavy (non-hydrogen) atoms. The Balaban J connectivity index is 3.00. The zero-order valence-electron chi connectivity index (χ0n) is 7.96. The average molecular weight is 166 g/mol. The van der Waals surface area contributed by atoms with Gasteiger partial charge < -0.3 is 0 Å². The van der Waals surface area contributed by atoms with Crippen LogP contribution in [0.5, 0.6) is 0 Å². The Morgan fingerprint density at radius 2 is 1.62 bits per heavy atom. The maximum absolute atomic E-state index is 5.93. The molecule has 0 aliphatic rings. The highest BCUT2D eigenvalue weighted by Gasteiger charge is 2.01. The summed E-state index contributed by atoms with van der Waals surface area (Å²) in [6.07, 6.45) is 0. The molecule has 0 aromatic heterocycles. The predicted molar refractivity (Wildman–Crippen MR) is 58.8 cm³/mol. The van der Waals surface area contributed by atoms with Gasteiger partial charge >= 0.3 is 0 Å². The summed E-state index contributed by atoms with van der Waals surface area (Å²) in [5, 5.41) is 2.46. The van der Waals surface area contributed by atoms with Crippen molar-refractivity contribution in [3.8, 4) is 0 Å². The molecule has 0 atom stereocenters. The van der Waals surface area contributed by atoms with Crippen molar-refractivity contribution < 1.29 is 0 Å². The van der Waals surface area contributed by atoms with E-state index in [1.165, 1.54) is 21.9 Å². The smallest absolute Gasteiger partial charge is 0.0887 e. The molecule has 0 nitrogen and oxygen atoms in total. The van der Waals surface area contributed by atoms with E-state index in [0.29, 0.717) is 0 Å². The Morgan fingerprint density at radius 3 is 2.31 bits per heavy atom. The van der Waals surface area contributed by atoms with Gasteiger partial charge in [0.05, 0.1) is 0 Å². The summed E-state index contributed by atoms with van der Waals surface area (Å²) in [4.78, 5) is 0. The summed E-state index contributed by atoms with van der Waals surface area (Å²) < 4.78 is 0. The second kappa shape index (κ2) is 2.92. The van der Waals surface area contributed by atoms with Crippen LogP contribution in [-0.2, 0) is 0 Å². The zero-order valence-corrected chi connectivity index (χ0v) is 7.96. The molecule has 0 saturated heterocycles. The molecule has 0 N–H and O–H groups in total. The first kappa shape index (κ1) is 8.37. The van der Waals surface area contributed by atoms with Crippen molar-refractivity contribution in [1.29, 1.82) is 0 Å². The van der Waals surface area contributed by atoms with Crippen LogP contribution >= 0.6 is 0 Å². The van der Waals surface area contributed by atoms with Gasteiger partial charge in [0.2, 0.25) is 0 Å². The first-order chi connectivity index (χ1) is 6.20. The van der Waals surface area contributed by atoms with Gasteiger partial charge in [-0.3, -0.25) is 0 Å². The van der Waals surface area contributed by atoms with Gasteiger partial charge in [0, 0.05) is 0 Å².